The first kappa shape index (κ1) is 16.3. The number of aryl methyl sites for hydroxylation is 1. The van der Waals surface area contributed by atoms with Gasteiger partial charge in [-0.15, -0.1) is 0 Å². The fourth-order valence-corrected chi connectivity index (χ4v) is 3.47. The third-order valence-corrected chi connectivity index (χ3v) is 4.82. The fraction of sp³-hybridized carbons (Fsp3) is 0.300. The molecule has 0 radical (unpaired) electrons. The van der Waals surface area contributed by atoms with Crippen LogP contribution in [0.4, 0.5) is 8.78 Å². The van der Waals surface area contributed by atoms with Crippen molar-refractivity contribution >= 4 is 41.6 Å². The average Bonchev–Trinajstić information content (AvgIpc) is 2.27. The number of benzene rings is 1. The van der Waals surface area contributed by atoms with E-state index in [1.165, 1.54) is 6.07 Å². The van der Waals surface area contributed by atoms with Gasteiger partial charge in [0.15, 0.2) is 0 Å². The van der Waals surface area contributed by atoms with Crippen molar-refractivity contribution in [2.24, 2.45) is 0 Å². The lowest BCUT2D eigenvalue weighted by Gasteiger charge is -2.09. The van der Waals surface area contributed by atoms with Gasteiger partial charge in [-0.1, -0.05) is 0 Å². The number of alkyl halides is 2. The molecule has 1 rings (SSSR count). The van der Waals surface area contributed by atoms with Crippen LogP contribution >= 0.6 is 26.6 Å². The van der Waals surface area contributed by atoms with Crippen LogP contribution in [0.2, 0.25) is 0 Å². The van der Waals surface area contributed by atoms with E-state index in [-0.39, 0.29) is 14.9 Å². The van der Waals surface area contributed by atoms with Crippen LogP contribution < -0.4 is 5.32 Å². The van der Waals surface area contributed by atoms with Crippen molar-refractivity contribution < 1.29 is 22.0 Å². The second kappa shape index (κ2) is 6.15. The highest BCUT2D eigenvalue weighted by molar-refractivity contribution is 9.10. The smallest absolute Gasteiger partial charge is 0.262 e. The lowest BCUT2D eigenvalue weighted by molar-refractivity contribution is 0.0891. The van der Waals surface area contributed by atoms with Gasteiger partial charge in [0.1, 0.15) is 0 Å². The van der Waals surface area contributed by atoms with Crippen molar-refractivity contribution in [3.8, 4) is 0 Å². The molecule has 0 unspecified atom stereocenters. The number of halogens is 4. The molecule has 0 aliphatic rings. The van der Waals surface area contributed by atoms with Gasteiger partial charge in [-0.05, 0) is 40.5 Å². The standard InChI is InChI=1S/C10H9BrClF2NO3S/c1-5-2-6(10(16)15-4-8(13)14)3-7(9(5)11)19(12,17)18/h2-3,8H,4H2,1H3,(H,15,16). The van der Waals surface area contributed by atoms with Crippen LogP contribution in [0.5, 0.6) is 0 Å². The molecular weight excluding hydrogens is 368 g/mol. The molecule has 1 N–H and O–H groups in total. The maximum absolute atomic E-state index is 12.0. The van der Waals surface area contributed by atoms with Crippen molar-refractivity contribution in [3.05, 3.63) is 27.7 Å². The molecular formula is C10H9BrClF2NO3S. The first-order chi connectivity index (χ1) is 8.62. The van der Waals surface area contributed by atoms with Crippen LogP contribution in [0.15, 0.2) is 21.5 Å². The molecule has 0 atom stereocenters. The summed E-state index contributed by atoms with van der Waals surface area (Å²) >= 11 is 3.05. The van der Waals surface area contributed by atoms with Gasteiger partial charge in [0.2, 0.25) is 0 Å². The van der Waals surface area contributed by atoms with E-state index >= 15 is 0 Å². The molecule has 0 aliphatic heterocycles. The molecule has 1 aromatic rings. The van der Waals surface area contributed by atoms with Crippen LogP contribution in [-0.2, 0) is 9.05 Å². The van der Waals surface area contributed by atoms with Crippen LogP contribution in [-0.4, -0.2) is 27.3 Å². The molecule has 0 saturated heterocycles. The lowest BCUT2D eigenvalue weighted by atomic mass is 10.1. The quantitative estimate of drug-likeness (QED) is 0.822. The fourth-order valence-electron chi connectivity index (χ4n) is 1.32. The molecule has 1 amide bonds. The predicted molar refractivity (Wildman–Crippen MR) is 70.3 cm³/mol. The monoisotopic (exact) mass is 375 g/mol. The Morgan fingerprint density at radius 2 is 2.05 bits per heavy atom. The van der Waals surface area contributed by atoms with Crippen molar-refractivity contribution in [1.29, 1.82) is 0 Å². The van der Waals surface area contributed by atoms with E-state index in [9.17, 15) is 22.0 Å². The summed E-state index contributed by atoms with van der Waals surface area (Å²) in [4.78, 5) is 11.3. The highest BCUT2D eigenvalue weighted by Crippen LogP contribution is 2.29. The number of carbonyl (C=O) groups excluding carboxylic acids is 1. The first-order valence-electron chi connectivity index (χ1n) is 4.94. The minimum absolute atomic E-state index is 0.0550. The van der Waals surface area contributed by atoms with E-state index in [0.29, 0.717) is 5.56 Å². The van der Waals surface area contributed by atoms with Gasteiger partial charge in [0.05, 0.1) is 11.4 Å². The highest BCUT2D eigenvalue weighted by Gasteiger charge is 2.20. The molecule has 0 heterocycles. The Morgan fingerprint density at radius 1 is 1.47 bits per heavy atom. The van der Waals surface area contributed by atoms with Gasteiger partial charge < -0.3 is 5.32 Å². The number of hydrogen-bond donors (Lipinski definition) is 1. The summed E-state index contributed by atoms with van der Waals surface area (Å²) in [7, 11) is 1.18. The van der Waals surface area contributed by atoms with Crippen LogP contribution in [0, 0.1) is 6.92 Å². The van der Waals surface area contributed by atoms with Crippen LogP contribution in [0.3, 0.4) is 0 Å². The largest absolute Gasteiger partial charge is 0.346 e. The molecule has 0 aromatic heterocycles. The van der Waals surface area contributed by atoms with Gasteiger partial charge in [-0.2, -0.15) is 0 Å². The van der Waals surface area contributed by atoms with E-state index in [1.807, 2.05) is 5.32 Å². The molecule has 1 aromatic carbocycles. The predicted octanol–water partition coefficient (Wildman–Crippen LogP) is 2.68. The highest BCUT2D eigenvalue weighted by atomic mass is 79.9. The molecule has 9 heteroatoms. The number of rotatable bonds is 4. The van der Waals surface area contributed by atoms with Crippen molar-refractivity contribution in [3.63, 3.8) is 0 Å². The average molecular weight is 377 g/mol. The summed E-state index contributed by atoms with van der Waals surface area (Å²) in [5.74, 6) is -0.794. The summed E-state index contributed by atoms with van der Waals surface area (Å²) in [6.45, 7) is 0.746. The van der Waals surface area contributed by atoms with Gasteiger partial charge >= 0.3 is 0 Å². The van der Waals surface area contributed by atoms with Crippen LogP contribution in [0.25, 0.3) is 0 Å². The topological polar surface area (TPSA) is 63.2 Å². The number of hydrogen-bond acceptors (Lipinski definition) is 3. The summed E-state index contributed by atoms with van der Waals surface area (Å²) < 4.78 is 46.9. The molecule has 106 valence electrons. The molecule has 0 bridgehead atoms. The van der Waals surface area contributed by atoms with E-state index in [2.05, 4.69) is 15.9 Å². The Labute approximate surface area is 121 Å². The zero-order chi connectivity index (χ0) is 14.8. The number of nitrogens with one attached hydrogen (secondary N) is 1. The maximum atomic E-state index is 12.0. The summed E-state index contributed by atoms with van der Waals surface area (Å²) in [5.41, 5.74) is 0.393. The normalized spacial score (nSPS) is 11.7. The van der Waals surface area contributed by atoms with Crippen molar-refractivity contribution in [2.75, 3.05) is 6.54 Å². The molecule has 4 nitrogen and oxygen atoms in total. The van der Waals surface area contributed by atoms with E-state index < -0.39 is 27.9 Å². The Balaban J connectivity index is 3.18. The minimum atomic E-state index is -4.05. The van der Waals surface area contributed by atoms with Gasteiger partial charge in [0, 0.05) is 20.7 Å². The van der Waals surface area contributed by atoms with Gasteiger partial charge in [-0.3, -0.25) is 4.79 Å². The third kappa shape index (κ3) is 4.39. The Morgan fingerprint density at radius 3 is 2.53 bits per heavy atom. The Hall–Kier alpha value is -0.730. The third-order valence-electron chi connectivity index (χ3n) is 2.16. The SMILES string of the molecule is Cc1cc(C(=O)NCC(F)F)cc(S(=O)(=O)Cl)c1Br. The minimum Gasteiger partial charge on any atom is -0.346 e. The molecule has 0 saturated carbocycles. The Kier molecular flexibility index (Phi) is 5.28. The van der Waals surface area contributed by atoms with Crippen LogP contribution in [0.1, 0.15) is 15.9 Å². The van der Waals surface area contributed by atoms with E-state index in [4.69, 9.17) is 10.7 Å². The Bertz CT molecular complexity index is 607. The summed E-state index contributed by atoms with van der Waals surface area (Å²) in [6.07, 6.45) is -2.68. The van der Waals surface area contributed by atoms with Gasteiger partial charge in [-0.25, -0.2) is 17.2 Å². The van der Waals surface area contributed by atoms with Crippen molar-refractivity contribution in [1.82, 2.24) is 5.32 Å². The van der Waals surface area contributed by atoms with E-state index in [0.717, 1.165) is 6.07 Å². The second-order valence-electron chi connectivity index (χ2n) is 3.64. The van der Waals surface area contributed by atoms with E-state index in [1.54, 1.807) is 6.92 Å². The number of amides is 1. The van der Waals surface area contributed by atoms with Crippen molar-refractivity contribution in [2.45, 2.75) is 18.2 Å². The summed E-state index contributed by atoms with van der Waals surface area (Å²) in [6, 6.07) is 2.40. The molecule has 19 heavy (non-hydrogen) atoms. The lowest BCUT2D eigenvalue weighted by Crippen LogP contribution is -2.28. The first-order valence-corrected chi connectivity index (χ1v) is 8.04. The maximum Gasteiger partial charge on any atom is 0.262 e. The molecule has 0 fully saturated rings. The zero-order valence-corrected chi connectivity index (χ0v) is 12.7. The molecule has 0 aliphatic carbocycles. The molecule has 0 spiro atoms. The number of carbonyl (C=O) groups is 1. The zero-order valence-electron chi connectivity index (χ0n) is 9.58. The second-order valence-corrected chi connectivity index (χ2v) is 6.97. The summed E-state index contributed by atoms with van der Waals surface area (Å²) in [5, 5.41) is 1.98. The van der Waals surface area contributed by atoms with Gasteiger partial charge in [0.25, 0.3) is 21.4 Å².